The normalized spacial score (nSPS) is 17.1. The third-order valence-electron chi connectivity index (χ3n) is 3.79. The van der Waals surface area contributed by atoms with E-state index in [1.807, 2.05) is 0 Å². The highest BCUT2D eigenvalue weighted by Crippen LogP contribution is 2.25. The fourth-order valence-electron chi connectivity index (χ4n) is 2.69. The Bertz CT molecular complexity index is 791. The van der Waals surface area contributed by atoms with Crippen LogP contribution in [0.25, 0.3) is 0 Å². The number of ether oxygens (including phenoxy) is 2. The van der Waals surface area contributed by atoms with Crippen LogP contribution in [0.15, 0.2) is 30.5 Å². The predicted octanol–water partition coefficient (Wildman–Crippen LogP) is 2.73. The summed E-state index contributed by atoms with van der Waals surface area (Å²) in [6.45, 7) is 1.08. The Morgan fingerprint density at radius 2 is 2.00 bits per heavy atom. The summed E-state index contributed by atoms with van der Waals surface area (Å²) < 4.78 is 47.7. The highest BCUT2D eigenvalue weighted by atomic mass is 19.4. The van der Waals surface area contributed by atoms with Gasteiger partial charge in [-0.3, -0.25) is 4.57 Å². The summed E-state index contributed by atoms with van der Waals surface area (Å²) in [5, 5.41) is 10.8. The summed E-state index contributed by atoms with van der Waals surface area (Å²) in [6.07, 6.45) is -3.62. The van der Waals surface area contributed by atoms with Crippen LogP contribution in [-0.4, -0.2) is 40.5 Å². The lowest BCUT2D eigenvalue weighted by atomic mass is 10.2. The van der Waals surface area contributed by atoms with E-state index < -0.39 is 11.3 Å². The van der Waals surface area contributed by atoms with Crippen molar-refractivity contribution in [3.8, 4) is 5.75 Å². The monoisotopic (exact) mass is 372 g/mol. The molecule has 0 unspecified atom stereocenters. The second-order valence-corrected chi connectivity index (χ2v) is 5.81. The molecule has 1 aliphatic heterocycles. The summed E-state index contributed by atoms with van der Waals surface area (Å²) >= 11 is 0. The van der Waals surface area contributed by atoms with Crippen molar-refractivity contribution in [2.24, 2.45) is 0 Å². The molecule has 0 radical (unpaired) electrons. The van der Waals surface area contributed by atoms with Crippen molar-refractivity contribution in [3.63, 3.8) is 0 Å². The van der Waals surface area contributed by atoms with Crippen molar-refractivity contribution >= 4 is 11.8 Å². The highest BCUT2D eigenvalue weighted by Gasteiger charge is 2.31. The SMILES string of the molecule is CN1C[C@@H](OCc2ccc(OC(F)(F)F)cc2)Cn2cc([N+](=O)[O-])nc21. The zero-order valence-corrected chi connectivity index (χ0v) is 13.6. The van der Waals surface area contributed by atoms with Gasteiger partial charge in [-0.15, -0.1) is 13.2 Å². The van der Waals surface area contributed by atoms with Gasteiger partial charge in [0.15, 0.2) is 0 Å². The average Bonchev–Trinajstić information content (AvgIpc) is 2.98. The Hall–Kier alpha value is -2.82. The fraction of sp³-hybridized carbons (Fsp3) is 0.400. The molecule has 1 atom stereocenters. The van der Waals surface area contributed by atoms with E-state index in [0.717, 1.165) is 0 Å². The number of nitrogens with zero attached hydrogens (tertiary/aromatic N) is 4. The third kappa shape index (κ3) is 4.23. The first kappa shape index (κ1) is 18.0. The molecule has 0 spiro atoms. The van der Waals surface area contributed by atoms with Crippen LogP contribution >= 0.6 is 0 Å². The topological polar surface area (TPSA) is 82.7 Å². The van der Waals surface area contributed by atoms with E-state index in [1.165, 1.54) is 30.5 Å². The fourth-order valence-corrected chi connectivity index (χ4v) is 2.69. The number of likely N-dealkylation sites (N-methyl/N-ethyl adjacent to an activating group) is 1. The minimum atomic E-state index is -4.73. The maximum atomic E-state index is 12.1. The minimum Gasteiger partial charge on any atom is -0.406 e. The van der Waals surface area contributed by atoms with Gasteiger partial charge in [0.05, 0.1) is 25.8 Å². The summed E-state index contributed by atoms with van der Waals surface area (Å²) in [5.74, 6) is -0.0352. The first-order chi connectivity index (χ1) is 12.2. The predicted molar refractivity (Wildman–Crippen MR) is 83.9 cm³/mol. The Morgan fingerprint density at radius 3 is 2.62 bits per heavy atom. The van der Waals surface area contributed by atoms with E-state index in [1.54, 1.807) is 16.5 Å². The third-order valence-corrected chi connectivity index (χ3v) is 3.79. The van der Waals surface area contributed by atoms with Crippen molar-refractivity contribution < 1.29 is 27.6 Å². The lowest BCUT2D eigenvalue weighted by Gasteiger charge is -2.29. The number of imidazole rings is 1. The van der Waals surface area contributed by atoms with Crippen LogP contribution < -0.4 is 9.64 Å². The summed E-state index contributed by atoms with van der Waals surface area (Å²) in [4.78, 5) is 16.0. The zero-order valence-electron chi connectivity index (χ0n) is 13.6. The van der Waals surface area contributed by atoms with Crippen molar-refractivity contribution in [2.75, 3.05) is 18.5 Å². The zero-order chi connectivity index (χ0) is 18.9. The van der Waals surface area contributed by atoms with Crippen LogP contribution in [0.4, 0.5) is 24.9 Å². The second-order valence-electron chi connectivity index (χ2n) is 5.81. The van der Waals surface area contributed by atoms with Gasteiger partial charge >= 0.3 is 18.1 Å². The quantitative estimate of drug-likeness (QED) is 0.593. The molecule has 0 saturated carbocycles. The summed E-state index contributed by atoms with van der Waals surface area (Å²) in [5.41, 5.74) is 0.685. The number of fused-ring (bicyclic) bond motifs is 1. The Morgan fingerprint density at radius 1 is 1.31 bits per heavy atom. The van der Waals surface area contributed by atoms with Gasteiger partial charge in [0.25, 0.3) is 0 Å². The molecule has 1 aliphatic rings. The number of rotatable bonds is 5. The molecule has 3 rings (SSSR count). The number of hydrogen-bond donors (Lipinski definition) is 0. The summed E-state index contributed by atoms with van der Waals surface area (Å²) in [6, 6.07) is 5.41. The molecule has 0 N–H and O–H groups in total. The number of nitro groups is 1. The molecule has 1 aromatic heterocycles. The van der Waals surface area contributed by atoms with E-state index in [0.29, 0.717) is 24.6 Å². The van der Waals surface area contributed by atoms with Crippen LogP contribution in [0.2, 0.25) is 0 Å². The number of benzene rings is 1. The standard InChI is InChI=1S/C15H15F3N4O4/c1-20-6-12(7-21-8-13(22(23)24)19-14(20)21)25-9-10-2-4-11(5-3-10)26-15(16,17)18/h2-5,8,12H,6-7,9H2,1H3/t12-/m1/s1. The van der Waals surface area contributed by atoms with Gasteiger partial charge in [-0.1, -0.05) is 12.1 Å². The molecule has 0 aliphatic carbocycles. The van der Waals surface area contributed by atoms with E-state index in [2.05, 4.69) is 9.72 Å². The second kappa shape index (κ2) is 6.83. The van der Waals surface area contributed by atoms with Crippen LogP contribution in [0.3, 0.4) is 0 Å². The first-order valence-corrected chi connectivity index (χ1v) is 7.60. The Kier molecular flexibility index (Phi) is 4.72. The van der Waals surface area contributed by atoms with Gasteiger partial charge in [-0.2, -0.15) is 0 Å². The van der Waals surface area contributed by atoms with E-state index in [-0.39, 0.29) is 24.3 Å². The molecular weight excluding hydrogens is 357 g/mol. The lowest BCUT2D eigenvalue weighted by molar-refractivity contribution is -0.389. The van der Waals surface area contributed by atoms with Crippen LogP contribution in [0.1, 0.15) is 5.56 Å². The van der Waals surface area contributed by atoms with Crippen molar-refractivity contribution in [1.82, 2.24) is 9.55 Å². The lowest BCUT2D eigenvalue weighted by Crippen LogP contribution is -2.40. The molecule has 140 valence electrons. The number of hydrogen-bond acceptors (Lipinski definition) is 6. The molecule has 2 heterocycles. The van der Waals surface area contributed by atoms with E-state index in [4.69, 9.17) is 4.74 Å². The molecule has 0 saturated heterocycles. The maximum absolute atomic E-state index is 12.1. The van der Waals surface area contributed by atoms with Gasteiger partial charge in [0.2, 0.25) is 0 Å². The van der Waals surface area contributed by atoms with Crippen molar-refractivity contribution in [2.45, 2.75) is 25.6 Å². The molecule has 0 amide bonds. The first-order valence-electron chi connectivity index (χ1n) is 7.60. The molecule has 26 heavy (non-hydrogen) atoms. The highest BCUT2D eigenvalue weighted by molar-refractivity contribution is 5.39. The van der Waals surface area contributed by atoms with Crippen LogP contribution in [0.5, 0.6) is 5.75 Å². The largest absolute Gasteiger partial charge is 0.573 e. The average molecular weight is 372 g/mol. The molecular formula is C15H15F3N4O4. The Labute approximate surface area is 145 Å². The number of anilines is 1. The molecule has 2 aromatic rings. The van der Waals surface area contributed by atoms with Gasteiger partial charge in [-0.25, -0.2) is 0 Å². The van der Waals surface area contributed by atoms with Crippen LogP contribution in [0, 0.1) is 10.1 Å². The van der Waals surface area contributed by atoms with Gasteiger partial charge in [0, 0.05) is 12.0 Å². The van der Waals surface area contributed by atoms with Gasteiger partial charge < -0.3 is 24.5 Å². The molecule has 8 nitrogen and oxygen atoms in total. The number of alkyl halides is 3. The Balaban J connectivity index is 1.59. The van der Waals surface area contributed by atoms with Crippen molar-refractivity contribution in [1.29, 1.82) is 0 Å². The molecule has 0 fully saturated rings. The van der Waals surface area contributed by atoms with Crippen LogP contribution in [-0.2, 0) is 17.9 Å². The molecule has 1 aromatic carbocycles. The summed E-state index contributed by atoms with van der Waals surface area (Å²) in [7, 11) is 1.75. The van der Waals surface area contributed by atoms with Gasteiger partial charge in [0.1, 0.15) is 11.9 Å². The molecule has 0 bridgehead atoms. The maximum Gasteiger partial charge on any atom is 0.573 e. The van der Waals surface area contributed by atoms with Crippen molar-refractivity contribution in [3.05, 3.63) is 46.1 Å². The molecule has 11 heteroatoms. The minimum absolute atomic E-state index is 0.191. The van der Waals surface area contributed by atoms with E-state index >= 15 is 0 Å². The smallest absolute Gasteiger partial charge is 0.406 e. The van der Waals surface area contributed by atoms with Gasteiger partial charge in [-0.05, 0) is 22.6 Å². The van der Waals surface area contributed by atoms with E-state index in [9.17, 15) is 23.3 Å². The number of aromatic nitrogens is 2. The number of halogens is 3.